The lowest BCUT2D eigenvalue weighted by molar-refractivity contribution is 0.494. The second-order valence-corrected chi connectivity index (χ2v) is 6.93. The maximum absolute atomic E-state index is 6.25. The zero-order valence-corrected chi connectivity index (χ0v) is 13.7. The molecule has 0 amide bonds. The molecule has 20 heavy (non-hydrogen) atoms. The molecule has 0 saturated carbocycles. The Hall–Kier alpha value is -0.800. The first-order chi connectivity index (χ1) is 9.47. The molecule has 0 aromatic carbocycles. The molecule has 1 N–H and O–H groups in total. The lowest BCUT2D eigenvalue weighted by atomic mass is 10.0. The van der Waals surface area contributed by atoms with Gasteiger partial charge in [0.05, 0.1) is 5.02 Å². The predicted molar refractivity (Wildman–Crippen MR) is 86.3 cm³/mol. The fraction of sp³-hybridized carbons (Fsp3) is 0.688. The van der Waals surface area contributed by atoms with Gasteiger partial charge in [0.2, 0.25) is 0 Å². The van der Waals surface area contributed by atoms with E-state index in [2.05, 4.69) is 49.0 Å². The van der Waals surface area contributed by atoms with E-state index in [9.17, 15) is 0 Å². The molecule has 0 bridgehead atoms. The Morgan fingerprint density at radius 3 is 2.60 bits per heavy atom. The van der Waals surface area contributed by atoms with Crippen molar-refractivity contribution >= 4 is 17.4 Å². The summed E-state index contributed by atoms with van der Waals surface area (Å²) in [5.74, 6) is 3.17. The Morgan fingerprint density at radius 2 is 2.00 bits per heavy atom. The number of aromatic nitrogens is 1. The van der Waals surface area contributed by atoms with E-state index < -0.39 is 0 Å². The molecule has 4 heteroatoms. The van der Waals surface area contributed by atoms with E-state index in [4.69, 9.17) is 11.6 Å². The van der Waals surface area contributed by atoms with E-state index in [1.807, 2.05) is 0 Å². The third-order valence-corrected chi connectivity index (χ3v) is 4.44. The average Bonchev–Trinajstić information content (AvgIpc) is 2.71. The molecule has 1 saturated heterocycles. The number of nitrogens with zero attached hydrogens (tertiary/aromatic N) is 2. The number of halogens is 1. The molecule has 112 valence electrons. The molecule has 3 nitrogen and oxygen atoms in total. The summed E-state index contributed by atoms with van der Waals surface area (Å²) in [6.07, 6.45) is 1.79. The summed E-state index contributed by atoms with van der Waals surface area (Å²) >= 11 is 6.25. The van der Waals surface area contributed by atoms with Crippen LogP contribution >= 0.6 is 11.6 Å². The summed E-state index contributed by atoms with van der Waals surface area (Å²) in [6, 6.07) is 2.14. The topological polar surface area (TPSA) is 28.2 Å². The quantitative estimate of drug-likeness (QED) is 0.900. The van der Waals surface area contributed by atoms with Gasteiger partial charge in [-0.3, -0.25) is 0 Å². The van der Waals surface area contributed by atoms with Crippen molar-refractivity contribution < 1.29 is 0 Å². The highest BCUT2D eigenvalue weighted by Crippen LogP contribution is 2.28. The highest BCUT2D eigenvalue weighted by molar-refractivity contribution is 6.31. The van der Waals surface area contributed by atoms with Crippen LogP contribution in [0.3, 0.4) is 0 Å². The molecule has 1 fully saturated rings. The molecule has 2 unspecified atom stereocenters. The zero-order valence-electron chi connectivity index (χ0n) is 13.0. The largest absolute Gasteiger partial charge is 0.356 e. The van der Waals surface area contributed by atoms with Gasteiger partial charge in [-0.15, -0.1) is 0 Å². The maximum Gasteiger partial charge on any atom is 0.128 e. The van der Waals surface area contributed by atoms with E-state index in [1.165, 1.54) is 0 Å². The highest BCUT2D eigenvalue weighted by Gasteiger charge is 2.27. The van der Waals surface area contributed by atoms with Crippen molar-refractivity contribution in [3.63, 3.8) is 0 Å². The second kappa shape index (κ2) is 6.77. The number of pyridine rings is 1. The number of rotatable bonds is 5. The minimum absolute atomic E-state index is 0.648. The minimum Gasteiger partial charge on any atom is -0.356 e. The third-order valence-electron chi connectivity index (χ3n) is 4.10. The van der Waals surface area contributed by atoms with Gasteiger partial charge in [0.1, 0.15) is 5.82 Å². The van der Waals surface area contributed by atoms with Crippen LogP contribution < -0.4 is 10.2 Å². The molecule has 1 aliphatic rings. The van der Waals surface area contributed by atoms with Gasteiger partial charge in [-0.2, -0.15) is 0 Å². The monoisotopic (exact) mass is 295 g/mol. The van der Waals surface area contributed by atoms with Gasteiger partial charge in [0, 0.05) is 25.8 Å². The van der Waals surface area contributed by atoms with Crippen molar-refractivity contribution in [3.05, 3.63) is 22.8 Å². The molecule has 0 aliphatic carbocycles. The van der Waals surface area contributed by atoms with Gasteiger partial charge < -0.3 is 10.2 Å². The van der Waals surface area contributed by atoms with Crippen molar-refractivity contribution in [2.45, 2.75) is 34.2 Å². The molecule has 1 aromatic heterocycles. The fourth-order valence-electron chi connectivity index (χ4n) is 2.59. The SMILES string of the molecule is CC(C)CNCc1cc(N2CC(C)C(C)C2)ncc1Cl. The normalized spacial score (nSPS) is 22.8. The number of nitrogens with one attached hydrogen (secondary N) is 1. The molecule has 2 heterocycles. The van der Waals surface area contributed by atoms with Crippen LogP contribution in [-0.2, 0) is 6.54 Å². The molecule has 2 atom stereocenters. The van der Waals surface area contributed by atoms with Gasteiger partial charge in [-0.05, 0) is 35.9 Å². The highest BCUT2D eigenvalue weighted by atomic mass is 35.5. The van der Waals surface area contributed by atoms with Crippen molar-refractivity contribution in [1.82, 2.24) is 10.3 Å². The van der Waals surface area contributed by atoms with Gasteiger partial charge in [-0.1, -0.05) is 39.3 Å². The van der Waals surface area contributed by atoms with Crippen LogP contribution in [0, 0.1) is 17.8 Å². The molecule has 2 rings (SSSR count). The molecule has 1 aromatic rings. The van der Waals surface area contributed by atoms with Crippen molar-refractivity contribution in [2.75, 3.05) is 24.5 Å². The van der Waals surface area contributed by atoms with Crippen LogP contribution in [0.2, 0.25) is 5.02 Å². The van der Waals surface area contributed by atoms with Crippen molar-refractivity contribution in [2.24, 2.45) is 17.8 Å². The summed E-state index contributed by atoms with van der Waals surface area (Å²) in [4.78, 5) is 6.87. The van der Waals surface area contributed by atoms with E-state index >= 15 is 0 Å². The summed E-state index contributed by atoms with van der Waals surface area (Å²) in [7, 11) is 0. The molecule has 0 spiro atoms. The third kappa shape index (κ3) is 3.86. The number of hydrogen-bond donors (Lipinski definition) is 1. The minimum atomic E-state index is 0.648. The molecular formula is C16H26ClN3. The van der Waals surface area contributed by atoms with Gasteiger partial charge in [-0.25, -0.2) is 4.98 Å². The zero-order chi connectivity index (χ0) is 14.7. The Balaban J connectivity index is 2.04. The first-order valence-corrected chi connectivity index (χ1v) is 7.95. The van der Waals surface area contributed by atoms with Crippen LogP contribution in [0.4, 0.5) is 5.82 Å². The Bertz CT molecular complexity index is 437. The van der Waals surface area contributed by atoms with E-state index in [0.29, 0.717) is 5.92 Å². The van der Waals surface area contributed by atoms with E-state index in [1.54, 1.807) is 6.20 Å². The lowest BCUT2D eigenvalue weighted by Crippen LogP contribution is -2.22. The average molecular weight is 296 g/mol. The predicted octanol–water partition coefficient (Wildman–Crippen LogP) is 3.57. The summed E-state index contributed by atoms with van der Waals surface area (Å²) in [5, 5.41) is 4.20. The number of hydrogen-bond acceptors (Lipinski definition) is 3. The van der Waals surface area contributed by atoms with Crippen molar-refractivity contribution in [1.29, 1.82) is 0 Å². The Morgan fingerprint density at radius 1 is 1.35 bits per heavy atom. The molecular weight excluding hydrogens is 270 g/mol. The first kappa shape index (κ1) is 15.6. The van der Waals surface area contributed by atoms with Crippen LogP contribution in [0.5, 0.6) is 0 Å². The van der Waals surface area contributed by atoms with Crippen LogP contribution in [0.25, 0.3) is 0 Å². The Kier molecular flexibility index (Phi) is 5.28. The standard InChI is InChI=1S/C16H26ClN3/c1-11(2)6-18-7-14-5-16(19-8-15(14)17)20-9-12(3)13(4)10-20/h5,8,11-13,18H,6-7,9-10H2,1-4H3. The maximum atomic E-state index is 6.25. The first-order valence-electron chi connectivity index (χ1n) is 7.57. The van der Waals surface area contributed by atoms with E-state index in [0.717, 1.165) is 54.4 Å². The van der Waals surface area contributed by atoms with Crippen LogP contribution in [-0.4, -0.2) is 24.6 Å². The van der Waals surface area contributed by atoms with E-state index in [-0.39, 0.29) is 0 Å². The van der Waals surface area contributed by atoms with Crippen LogP contribution in [0.15, 0.2) is 12.3 Å². The summed E-state index contributed by atoms with van der Waals surface area (Å²) < 4.78 is 0. The molecule has 1 aliphatic heterocycles. The van der Waals surface area contributed by atoms with Gasteiger partial charge in [0.25, 0.3) is 0 Å². The fourth-order valence-corrected chi connectivity index (χ4v) is 2.76. The second-order valence-electron chi connectivity index (χ2n) is 6.52. The Labute approximate surface area is 127 Å². The summed E-state index contributed by atoms with van der Waals surface area (Å²) in [5.41, 5.74) is 1.14. The van der Waals surface area contributed by atoms with Gasteiger partial charge in [0.15, 0.2) is 0 Å². The number of anilines is 1. The van der Waals surface area contributed by atoms with Gasteiger partial charge >= 0.3 is 0 Å². The lowest BCUT2D eigenvalue weighted by Gasteiger charge is -2.18. The summed E-state index contributed by atoms with van der Waals surface area (Å²) in [6.45, 7) is 13.0. The van der Waals surface area contributed by atoms with Crippen molar-refractivity contribution in [3.8, 4) is 0 Å². The van der Waals surface area contributed by atoms with Crippen LogP contribution in [0.1, 0.15) is 33.3 Å². The smallest absolute Gasteiger partial charge is 0.128 e. The molecule has 0 radical (unpaired) electrons.